The number of carbonyl (C=O) groups is 1. The van der Waals surface area contributed by atoms with Gasteiger partial charge in [0.05, 0.1) is 19.4 Å². The summed E-state index contributed by atoms with van der Waals surface area (Å²) in [5, 5.41) is 22.3. The van der Waals surface area contributed by atoms with Crippen LogP contribution in [0.25, 0.3) is 0 Å². The van der Waals surface area contributed by atoms with Gasteiger partial charge in [0, 0.05) is 13.0 Å². The van der Waals surface area contributed by atoms with Gasteiger partial charge in [-0.1, -0.05) is 0 Å². The lowest BCUT2D eigenvalue weighted by atomic mass is 10.4. The Bertz CT molecular complexity index is 130. The summed E-state index contributed by atoms with van der Waals surface area (Å²) in [6, 6.07) is 0. The number of hydrogen-bond acceptors (Lipinski definition) is 4. The van der Waals surface area contributed by atoms with E-state index in [1.165, 1.54) is 0 Å². The quantitative estimate of drug-likeness (QED) is 0.368. The average molecular weight is 176 g/mol. The van der Waals surface area contributed by atoms with Crippen molar-refractivity contribution in [2.45, 2.75) is 19.5 Å². The Hall–Kier alpha value is -0.650. The Morgan fingerprint density at radius 3 is 2.58 bits per heavy atom. The number of nitrogens with one attached hydrogen (secondary N) is 2. The standard InChI is InChI=1S/C7H16N2O3/c1-6(8-3-5-11)9-7(12)2-4-10/h6,8,10-11H,2-5H2,1H3,(H,9,12). The predicted octanol–water partition coefficient (Wildman–Crippen LogP) is -1.59. The molecule has 0 aliphatic heterocycles. The lowest BCUT2D eigenvalue weighted by molar-refractivity contribution is -0.122. The Morgan fingerprint density at radius 1 is 1.42 bits per heavy atom. The molecule has 5 nitrogen and oxygen atoms in total. The summed E-state index contributed by atoms with van der Waals surface area (Å²) in [5.41, 5.74) is 0. The fraction of sp³-hybridized carbons (Fsp3) is 0.857. The summed E-state index contributed by atoms with van der Waals surface area (Å²) < 4.78 is 0. The van der Waals surface area contributed by atoms with Crippen LogP contribution in [-0.4, -0.2) is 42.0 Å². The zero-order valence-electron chi connectivity index (χ0n) is 7.21. The van der Waals surface area contributed by atoms with Crippen LogP contribution in [0.15, 0.2) is 0 Å². The first kappa shape index (κ1) is 11.4. The summed E-state index contributed by atoms with van der Waals surface area (Å²) in [7, 11) is 0. The van der Waals surface area contributed by atoms with Crippen LogP contribution >= 0.6 is 0 Å². The first-order valence-corrected chi connectivity index (χ1v) is 3.95. The van der Waals surface area contributed by atoms with Crippen LogP contribution in [0.1, 0.15) is 13.3 Å². The zero-order chi connectivity index (χ0) is 9.40. The molecule has 1 amide bonds. The van der Waals surface area contributed by atoms with Crippen LogP contribution in [0.2, 0.25) is 0 Å². The summed E-state index contributed by atoms with van der Waals surface area (Å²) in [5.74, 6) is -0.199. The number of aliphatic hydroxyl groups excluding tert-OH is 2. The van der Waals surface area contributed by atoms with E-state index < -0.39 is 0 Å². The van der Waals surface area contributed by atoms with Gasteiger partial charge in [0.15, 0.2) is 0 Å². The molecule has 0 bridgehead atoms. The van der Waals surface area contributed by atoms with Gasteiger partial charge >= 0.3 is 0 Å². The second kappa shape index (κ2) is 7.02. The van der Waals surface area contributed by atoms with Crippen molar-refractivity contribution in [3.63, 3.8) is 0 Å². The van der Waals surface area contributed by atoms with Gasteiger partial charge in [-0.3, -0.25) is 10.1 Å². The minimum absolute atomic E-state index is 0.0419. The third-order valence-electron chi connectivity index (χ3n) is 1.28. The van der Waals surface area contributed by atoms with Crippen LogP contribution in [0.5, 0.6) is 0 Å². The van der Waals surface area contributed by atoms with Crippen LogP contribution in [0, 0.1) is 0 Å². The van der Waals surface area contributed by atoms with E-state index in [0.717, 1.165) is 0 Å². The van der Waals surface area contributed by atoms with Crippen LogP contribution in [0.4, 0.5) is 0 Å². The molecule has 0 saturated heterocycles. The van der Waals surface area contributed by atoms with Gasteiger partial charge in [0.1, 0.15) is 0 Å². The molecular formula is C7H16N2O3. The molecule has 0 radical (unpaired) electrons. The molecule has 0 fully saturated rings. The molecule has 1 atom stereocenters. The first-order valence-electron chi connectivity index (χ1n) is 3.95. The third kappa shape index (κ3) is 6.09. The van der Waals surface area contributed by atoms with Crippen molar-refractivity contribution in [3.05, 3.63) is 0 Å². The average Bonchev–Trinajstić information content (AvgIpc) is 2.01. The first-order chi connectivity index (χ1) is 5.70. The Kier molecular flexibility index (Phi) is 6.64. The largest absolute Gasteiger partial charge is 0.396 e. The monoisotopic (exact) mass is 176 g/mol. The molecule has 4 N–H and O–H groups in total. The molecule has 0 aliphatic rings. The molecule has 0 aromatic rings. The highest BCUT2D eigenvalue weighted by atomic mass is 16.3. The van der Waals surface area contributed by atoms with Crippen LogP contribution in [-0.2, 0) is 4.79 Å². The van der Waals surface area contributed by atoms with Gasteiger partial charge in [-0.25, -0.2) is 0 Å². The molecule has 0 aliphatic carbocycles. The second-order valence-electron chi connectivity index (χ2n) is 2.44. The zero-order valence-corrected chi connectivity index (χ0v) is 7.21. The molecule has 0 aromatic carbocycles. The van der Waals surface area contributed by atoms with E-state index in [1.807, 2.05) is 0 Å². The summed E-state index contributed by atoms with van der Waals surface area (Å²) in [6.45, 7) is 2.12. The molecule has 1 unspecified atom stereocenters. The maximum atomic E-state index is 10.8. The van der Waals surface area contributed by atoms with Crippen molar-refractivity contribution in [2.75, 3.05) is 19.8 Å². The maximum Gasteiger partial charge on any atom is 0.223 e. The number of aliphatic hydroxyl groups is 2. The van der Waals surface area contributed by atoms with Gasteiger partial charge in [-0.15, -0.1) is 0 Å². The van der Waals surface area contributed by atoms with Crippen molar-refractivity contribution in [1.82, 2.24) is 10.6 Å². The van der Waals surface area contributed by atoms with E-state index in [0.29, 0.717) is 6.54 Å². The molecule has 0 heterocycles. The van der Waals surface area contributed by atoms with E-state index >= 15 is 0 Å². The number of amides is 1. The summed E-state index contributed by atoms with van der Waals surface area (Å²) in [4.78, 5) is 10.8. The Morgan fingerprint density at radius 2 is 2.08 bits per heavy atom. The van der Waals surface area contributed by atoms with E-state index in [4.69, 9.17) is 10.2 Å². The normalized spacial score (nSPS) is 12.6. The fourth-order valence-corrected chi connectivity index (χ4v) is 0.747. The van der Waals surface area contributed by atoms with Crippen molar-refractivity contribution >= 4 is 5.91 Å². The molecule has 0 saturated carbocycles. The van der Waals surface area contributed by atoms with E-state index in [9.17, 15) is 4.79 Å². The highest BCUT2D eigenvalue weighted by molar-refractivity contribution is 5.76. The SMILES string of the molecule is CC(NCCO)NC(=O)CCO. The molecule has 72 valence electrons. The summed E-state index contributed by atoms with van der Waals surface area (Å²) in [6.07, 6.45) is -0.0540. The molecule has 5 heteroatoms. The van der Waals surface area contributed by atoms with Gasteiger partial charge in [0.2, 0.25) is 5.91 Å². The summed E-state index contributed by atoms with van der Waals surface area (Å²) >= 11 is 0. The van der Waals surface area contributed by atoms with Gasteiger partial charge < -0.3 is 15.5 Å². The lowest BCUT2D eigenvalue weighted by Crippen LogP contribution is -2.44. The molecule has 0 spiro atoms. The van der Waals surface area contributed by atoms with Crippen LogP contribution in [0.3, 0.4) is 0 Å². The molecule has 0 rings (SSSR count). The molecule has 12 heavy (non-hydrogen) atoms. The van der Waals surface area contributed by atoms with Gasteiger partial charge in [0.25, 0.3) is 0 Å². The van der Waals surface area contributed by atoms with E-state index in [1.54, 1.807) is 6.92 Å². The highest BCUT2D eigenvalue weighted by Crippen LogP contribution is 1.79. The third-order valence-corrected chi connectivity index (χ3v) is 1.28. The van der Waals surface area contributed by atoms with Crippen molar-refractivity contribution in [3.8, 4) is 0 Å². The molecular weight excluding hydrogens is 160 g/mol. The van der Waals surface area contributed by atoms with Gasteiger partial charge in [-0.05, 0) is 6.92 Å². The van der Waals surface area contributed by atoms with Crippen molar-refractivity contribution in [2.24, 2.45) is 0 Å². The van der Waals surface area contributed by atoms with Crippen LogP contribution < -0.4 is 10.6 Å². The van der Waals surface area contributed by atoms with Crippen molar-refractivity contribution in [1.29, 1.82) is 0 Å². The van der Waals surface area contributed by atoms with Crippen molar-refractivity contribution < 1.29 is 15.0 Å². The predicted molar refractivity (Wildman–Crippen MR) is 44.4 cm³/mol. The second-order valence-corrected chi connectivity index (χ2v) is 2.44. The Balaban J connectivity index is 3.40. The topological polar surface area (TPSA) is 81.6 Å². The number of carbonyl (C=O) groups excluding carboxylic acids is 1. The fourth-order valence-electron chi connectivity index (χ4n) is 0.747. The number of hydrogen-bond donors (Lipinski definition) is 4. The number of rotatable bonds is 6. The highest BCUT2D eigenvalue weighted by Gasteiger charge is 2.04. The lowest BCUT2D eigenvalue weighted by Gasteiger charge is -2.14. The minimum Gasteiger partial charge on any atom is -0.396 e. The van der Waals surface area contributed by atoms with E-state index in [-0.39, 0.29) is 31.7 Å². The smallest absolute Gasteiger partial charge is 0.223 e. The Labute approximate surface area is 71.8 Å². The molecule has 0 aromatic heterocycles. The van der Waals surface area contributed by atoms with Gasteiger partial charge in [-0.2, -0.15) is 0 Å². The van der Waals surface area contributed by atoms with E-state index in [2.05, 4.69) is 10.6 Å². The minimum atomic E-state index is -0.199. The maximum absolute atomic E-state index is 10.8.